The van der Waals surface area contributed by atoms with Crippen molar-refractivity contribution >= 4 is 17.8 Å². The zero-order chi connectivity index (χ0) is 13.3. The van der Waals surface area contributed by atoms with Crippen LogP contribution in [0.2, 0.25) is 0 Å². The highest BCUT2D eigenvalue weighted by Crippen LogP contribution is 2.50. The van der Waals surface area contributed by atoms with Crippen LogP contribution in [0.25, 0.3) is 0 Å². The average Bonchev–Trinajstić information content (AvgIpc) is 2.61. The number of hydroxylamine groups is 2. The third-order valence-corrected chi connectivity index (χ3v) is 4.12. The van der Waals surface area contributed by atoms with Gasteiger partial charge in [-0.05, 0) is 19.3 Å². The molecule has 5 nitrogen and oxygen atoms in total. The fourth-order valence-electron chi connectivity index (χ4n) is 3.09. The molecule has 1 heterocycles. The lowest BCUT2D eigenvalue weighted by atomic mass is 9.66. The molecule has 0 aromatic heterocycles. The summed E-state index contributed by atoms with van der Waals surface area (Å²) in [5.41, 5.74) is -0.656. The molecule has 0 N–H and O–H groups in total. The van der Waals surface area contributed by atoms with E-state index in [2.05, 4.69) is 6.58 Å². The molecule has 0 bridgehead atoms. The van der Waals surface area contributed by atoms with Crippen molar-refractivity contribution in [2.75, 3.05) is 0 Å². The van der Waals surface area contributed by atoms with Crippen molar-refractivity contribution in [1.82, 2.24) is 5.06 Å². The molecule has 2 atom stereocenters. The molecular weight excluding hydrogens is 234 g/mol. The number of fused-ring (bicyclic) bond motifs is 1. The van der Waals surface area contributed by atoms with Crippen molar-refractivity contribution in [3.63, 3.8) is 0 Å². The largest absolute Gasteiger partial charge is 0.356 e. The van der Waals surface area contributed by atoms with Crippen LogP contribution >= 0.6 is 0 Å². The first-order valence-electron chi connectivity index (χ1n) is 6.29. The molecule has 0 radical (unpaired) electrons. The minimum atomic E-state index is -0.776. The van der Waals surface area contributed by atoms with Crippen LogP contribution in [0, 0.1) is 11.3 Å². The zero-order valence-corrected chi connectivity index (χ0v) is 10.5. The van der Waals surface area contributed by atoms with E-state index in [1.165, 1.54) is 0 Å². The molecule has 0 spiro atoms. The van der Waals surface area contributed by atoms with Crippen LogP contribution in [-0.4, -0.2) is 22.8 Å². The van der Waals surface area contributed by atoms with Crippen LogP contribution in [0.1, 0.15) is 39.0 Å². The standard InChI is InChI=1S/C13H17NO4/c1-3-10(15)18-14-11(16)9-7-5-6-8-13(9,4-2)12(14)17/h3,9H,1,4-8H2,2H3. The lowest BCUT2D eigenvalue weighted by Gasteiger charge is -2.33. The first kappa shape index (κ1) is 12.8. The molecule has 2 rings (SSSR count). The molecule has 0 aromatic rings. The van der Waals surface area contributed by atoms with Gasteiger partial charge >= 0.3 is 5.97 Å². The van der Waals surface area contributed by atoms with Crippen molar-refractivity contribution in [2.24, 2.45) is 11.3 Å². The van der Waals surface area contributed by atoms with E-state index in [4.69, 9.17) is 4.84 Å². The van der Waals surface area contributed by atoms with Gasteiger partial charge in [0.1, 0.15) is 0 Å². The maximum Gasteiger partial charge on any atom is 0.356 e. The first-order valence-corrected chi connectivity index (χ1v) is 6.29. The third kappa shape index (κ3) is 1.65. The van der Waals surface area contributed by atoms with Gasteiger partial charge in [-0.15, -0.1) is 5.06 Å². The highest BCUT2D eigenvalue weighted by atomic mass is 16.7. The zero-order valence-electron chi connectivity index (χ0n) is 10.5. The Morgan fingerprint density at radius 2 is 2.28 bits per heavy atom. The van der Waals surface area contributed by atoms with E-state index >= 15 is 0 Å². The molecule has 2 aliphatic rings. The van der Waals surface area contributed by atoms with Gasteiger partial charge in [0.15, 0.2) is 0 Å². The second-order valence-corrected chi connectivity index (χ2v) is 4.86. The molecular formula is C13H17NO4. The summed E-state index contributed by atoms with van der Waals surface area (Å²) >= 11 is 0. The second-order valence-electron chi connectivity index (χ2n) is 4.86. The number of carbonyl (C=O) groups is 3. The number of hydrogen-bond acceptors (Lipinski definition) is 4. The van der Waals surface area contributed by atoms with E-state index in [1.54, 1.807) is 0 Å². The summed E-state index contributed by atoms with van der Waals surface area (Å²) < 4.78 is 0. The van der Waals surface area contributed by atoms with E-state index in [1.807, 2.05) is 6.92 Å². The predicted octanol–water partition coefficient (Wildman–Crippen LogP) is 1.59. The highest BCUT2D eigenvalue weighted by molar-refractivity contribution is 6.07. The average molecular weight is 251 g/mol. The number of nitrogens with zero attached hydrogens (tertiary/aromatic N) is 1. The minimum Gasteiger partial charge on any atom is -0.326 e. The first-order chi connectivity index (χ1) is 8.56. The van der Waals surface area contributed by atoms with Gasteiger partial charge < -0.3 is 4.84 Å². The van der Waals surface area contributed by atoms with Gasteiger partial charge in [-0.1, -0.05) is 26.3 Å². The predicted molar refractivity (Wildman–Crippen MR) is 62.8 cm³/mol. The van der Waals surface area contributed by atoms with Gasteiger partial charge in [-0.25, -0.2) is 4.79 Å². The minimum absolute atomic E-state index is 0.332. The van der Waals surface area contributed by atoms with E-state index in [0.29, 0.717) is 24.3 Å². The Kier molecular flexibility index (Phi) is 3.24. The van der Waals surface area contributed by atoms with Crippen LogP contribution in [0.5, 0.6) is 0 Å². The second kappa shape index (κ2) is 4.55. The molecule has 5 heteroatoms. The molecule has 2 amide bonds. The van der Waals surface area contributed by atoms with Gasteiger partial charge in [0, 0.05) is 6.08 Å². The summed E-state index contributed by atoms with van der Waals surface area (Å²) in [6, 6.07) is 0. The van der Waals surface area contributed by atoms with Crippen LogP contribution < -0.4 is 0 Å². The fourth-order valence-corrected chi connectivity index (χ4v) is 3.09. The normalized spacial score (nSPS) is 31.2. The molecule has 1 saturated heterocycles. The number of amides is 2. The summed E-state index contributed by atoms with van der Waals surface area (Å²) in [6.07, 6.45) is 4.81. The van der Waals surface area contributed by atoms with Crippen molar-refractivity contribution in [2.45, 2.75) is 39.0 Å². The Bertz CT molecular complexity index is 417. The quantitative estimate of drug-likeness (QED) is 0.564. The van der Waals surface area contributed by atoms with Gasteiger partial charge in [0.25, 0.3) is 11.8 Å². The van der Waals surface area contributed by atoms with Gasteiger partial charge in [0.05, 0.1) is 11.3 Å². The molecule has 18 heavy (non-hydrogen) atoms. The smallest absolute Gasteiger partial charge is 0.326 e. The topological polar surface area (TPSA) is 63.7 Å². The number of imide groups is 1. The summed E-state index contributed by atoms with van der Waals surface area (Å²) in [5.74, 6) is -1.85. The molecule has 98 valence electrons. The van der Waals surface area contributed by atoms with Crippen molar-refractivity contribution < 1.29 is 19.2 Å². The van der Waals surface area contributed by atoms with Crippen LogP contribution in [0.15, 0.2) is 12.7 Å². The summed E-state index contributed by atoms with van der Waals surface area (Å²) in [7, 11) is 0. The van der Waals surface area contributed by atoms with Crippen LogP contribution in [0.4, 0.5) is 0 Å². The number of rotatable bonds is 3. The van der Waals surface area contributed by atoms with Crippen molar-refractivity contribution in [3.8, 4) is 0 Å². The Morgan fingerprint density at radius 1 is 1.56 bits per heavy atom. The molecule has 1 aliphatic heterocycles. The maximum atomic E-state index is 12.3. The maximum absolute atomic E-state index is 12.3. The Hall–Kier alpha value is -1.65. The lowest BCUT2D eigenvalue weighted by molar-refractivity contribution is -0.196. The van der Waals surface area contributed by atoms with Gasteiger partial charge in [-0.2, -0.15) is 0 Å². The Balaban J connectivity index is 2.30. The van der Waals surface area contributed by atoms with E-state index in [9.17, 15) is 14.4 Å². The third-order valence-electron chi connectivity index (χ3n) is 4.12. The fraction of sp³-hybridized carbons (Fsp3) is 0.615. The summed E-state index contributed by atoms with van der Waals surface area (Å²) in [5, 5.41) is 0.656. The highest BCUT2D eigenvalue weighted by Gasteiger charge is 2.60. The molecule has 1 saturated carbocycles. The molecule has 2 fully saturated rings. The summed E-state index contributed by atoms with van der Waals surface area (Å²) in [6.45, 7) is 5.16. The number of carbonyl (C=O) groups excluding carboxylic acids is 3. The molecule has 1 aliphatic carbocycles. The van der Waals surface area contributed by atoms with Gasteiger partial charge in [-0.3, -0.25) is 9.59 Å². The van der Waals surface area contributed by atoms with E-state index in [-0.39, 0.29) is 17.7 Å². The SMILES string of the molecule is C=CC(=O)ON1C(=O)C2CCCCC2(CC)C1=O. The van der Waals surface area contributed by atoms with Crippen LogP contribution in [-0.2, 0) is 19.2 Å². The monoisotopic (exact) mass is 251 g/mol. The lowest BCUT2D eigenvalue weighted by Crippen LogP contribution is -2.38. The van der Waals surface area contributed by atoms with Crippen molar-refractivity contribution in [1.29, 1.82) is 0 Å². The van der Waals surface area contributed by atoms with Crippen LogP contribution in [0.3, 0.4) is 0 Å². The summed E-state index contributed by atoms with van der Waals surface area (Å²) in [4.78, 5) is 40.5. The van der Waals surface area contributed by atoms with E-state index < -0.39 is 11.4 Å². The Morgan fingerprint density at radius 3 is 2.83 bits per heavy atom. The number of hydrogen-bond donors (Lipinski definition) is 0. The van der Waals surface area contributed by atoms with E-state index in [0.717, 1.165) is 18.9 Å². The molecule has 2 unspecified atom stereocenters. The Labute approximate surface area is 106 Å². The van der Waals surface area contributed by atoms with Crippen molar-refractivity contribution in [3.05, 3.63) is 12.7 Å². The van der Waals surface area contributed by atoms with Gasteiger partial charge in [0.2, 0.25) is 0 Å². The molecule has 0 aromatic carbocycles.